The van der Waals surface area contributed by atoms with Gasteiger partial charge in [0.25, 0.3) is 5.91 Å². The van der Waals surface area contributed by atoms with Crippen molar-refractivity contribution in [3.8, 4) is 11.5 Å². The van der Waals surface area contributed by atoms with Crippen LogP contribution in [-0.4, -0.2) is 117 Å². The van der Waals surface area contributed by atoms with Crippen molar-refractivity contribution in [1.82, 2.24) is 33.7 Å². The highest BCUT2D eigenvalue weighted by molar-refractivity contribution is 7.94. The highest BCUT2D eigenvalue weighted by Crippen LogP contribution is 2.45. The molecule has 2 aromatic rings. The van der Waals surface area contributed by atoms with E-state index in [1.807, 2.05) is 39.8 Å². The van der Waals surface area contributed by atoms with Gasteiger partial charge in [0.15, 0.2) is 11.6 Å². The van der Waals surface area contributed by atoms with E-state index in [2.05, 4.69) is 33.7 Å². The molecule has 1 spiro atoms. The van der Waals surface area contributed by atoms with Gasteiger partial charge in [0, 0.05) is 87.5 Å². The summed E-state index contributed by atoms with van der Waals surface area (Å²) in [5, 5.41) is 3.61. The fourth-order valence-corrected chi connectivity index (χ4v) is 9.66. The molecule has 2 atom stereocenters. The van der Waals surface area contributed by atoms with Crippen LogP contribution in [0, 0.1) is 17.2 Å². The summed E-state index contributed by atoms with van der Waals surface area (Å²) in [7, 11) is 0. The molecule has 5 saturated heterocycles. The Balaban J connectivity index is 0.910. The van der Waals surface area contributed by atoms with Crippen LogP contribution in [0.25, 0.3) is 0 Å². The van der Waals surface area contributed by atoms with Crippen LogP contribution >= 0.6 is 12.1 Å². The van der Waals surface area contributed by atoms with Gasteiger partial charge in [-0.25, -0.2) is 23.0 Å². The van der Waals surface area contributed by atoms with Gasteiger partial charge in [-0.05, 0) is 97.0 Å². The molecule has 10 nitrogen and oxygen atoms in total. The Hall–Kier alpha value is -2.51. The van der Waals surface area contributed by atoms with E-state index in [0.29, 0.717) is 23.0 Å². The van der Waals surface area contributed by atoms with Gasteiger partial charge < -0.3 is 24.8 Å². The zero-order valence-electron chi connectivity index (χ0n) is 28.4. The average molecular weight is 667 g/mol. The van der Waals surface area contributed by atoms with Crippen LogP contribution in [-0.2, 0) is 0 Å². The molecule has 0 unspecified atom stereocenters. The predicted molar refractivity (Wildman–Crippen MR) is 184 cm³/mol. The molecular formula is C35H51FN8O2S. The van der Waals surface area contributed by atoms with Crippen molar-refractivity contribution in [3.63, 3.8) is 0 Å². The van der Waals surface area contributed by atoms with Crippen molar-refractivity contribution < 1.29 is 13.9 Å². The lowest BCUT2D eigenvalue weighted by Crippen LogP contribution is -2.61. The number of amides is 1. The third kappa shape index (κ3) is 7.13. The normalized spacial score (nSPS) is 25.2. The summed E-state index contributed by atoms with van der Waals surface area (Å²) in [5.41, 5.74) is 0.504. The number of aromatic nitrogens is 2. The van der Waals surface area contributed by atoms with E-state index in [-0.39, 0.29) is 23.6 Å². The minimum absolute atomic E-state index is 0.0390. The Morgan fingerprint density at radius 3 is 2.51 bits per heavy atom. The number of likely N-dealkylation sites (tertiary alicyclic amines) is 1. The summed E-state index contributed by atoms with van der Waals surface area (Å²) >= 11 is 2.01. The van der Waals surface area contributed by atoms with Gasteiger partial charge in [-0.15, -0.1) is 0 Å². The topological polar surface area (TPSA) is 80.3 Å². The average Bonchev–Trinajstić information content (AvgIpc) is 3.66. The maximum Gasteiger partial charge on any atom is 0.258 e. The van der Waals surface area contributed by atoms with Gasteiger partial charge in [-0.2, -0.15) is 0 Å². The molecule has 1 aromatic carbocycles. The third-order valence-corrected chi connectivity index (χ3v) is 12.2. The van der Waals surface area contributed by atoms with Crippen LogP contribution in [0.2, 0.25) is 0 Å². The highest BCUT2D eigenvalue weighted by Gasteiger charge is 2.46. The number of anilines is 1. The molecule has 1 aromatic heterocycles. The Labute approximate surface area is 283 Å². The summed E-state index contributed by atoms with van der Waals surface area (Å²) in [6.45, 7) is 18.0. The second-order valence-electron chi connectivity index (χ2n) is 15.1. The van der Waals surface area contributed by atoms with Crippen LogP contribution in [0.4, 0.5) is 10.2 Å². The summed E-state index contributed by atoms with van der Waals surface area (Å²) in [6.07, 6.45) is 9.50. The number of fused-ring (bicyclic) bond motifs is 2. The van der Waals surface area contributed by atoms with E-state index >= 15 is 0 Å². The number of piperidine rings is 2. The molecule has 0 radical (unpaired) electrons. The molecule has 2 bridgehead atoms. The minimum Gasteiger partial charge on any atom is -0.451 e. The van der Waals surface area contributed by atoms with E-state index in [1.54, 1.807) is 17.4 Å². The summed E-state index contributed by atoms with van der Waals surface area (Å²) in [5.74, 6) is 1.59. The van der Waals surface area contributed by atoms with Crippen molar-refractivity contribution in [3.05, 3.63) is 42.1 Å². The van der Waals surface area contributed by atoms with Crippen LogP contribution < -0.4 is 15.0 Å². The third-order valence-electron chi connectivity index (χ3n) is 11.0. The highest BCUT2D eigenvalue weighted by atomic mass is 32.2. The van der Waals surface area contributed by atoms with Gasteiger partial charge in [-0.3, -0.25) is 4.79 Å². The molecule has 5 aliphatic heterocycles. The van der Waals surface area contributed by atoms with Gasteiger partial charge in [0.05, 0.1) is 11.8 Å². The minimum atomic E-state index is -0.472. The predicted octanol–water partition coefficient (Wildman–Crippen LogP) is 4.89. The van der Waals surface area contributed by atoms with E-state index < -0.39 is 5.82 Å². The molecule has 47 heavy (non-hydrogen) atoms. The number of nitrogens with zero attached hydrogens (tertiary/aromatic N) is 7. The van der Waals surface area contributed by atoms with Crippen LogP contribution in [0.5, 0.6) is 11.5 Å². The maximum atomic E-state index is 14.4. The SMILES string of the molecule is CC(C)N(C(=O)c1cc(F)ccc1Oc1cncnc1N1CC2(CCN(CC3CCN(SN4C[C@@H]5C[C@H]4CN5)CC3)CC2)C1)C(C)C. The summed E-state index contributed by atoms with van der Waals surface area (Å²) in [4.78, 5) is 29.1. The number of carbonyl (C=O) groups is 1. The second kappa shape index (κ2) is 13.8. The lowest BCUT2D eigenvalue weighted by molar-refractivity contribution is 0.0612. The fraction of sp³-hybridized carbons (Fsp3) is 0.686. The maximum absolute atomic E-state index is 14.4. The summed E-state index contributed by atoms with van der Waals surface area (Å²) in [6, 6.07) is 5.48. The van der Waals surface area contributed by atoms with E-state index in [0.717, 1.165) is 50.5 Å². The van der Waals surface area contributed by atoms with Crippen molar-refractivity contribution >= 4 is 23.9 Å². The molecule has 256 valence electrons. The van der Waals surface area contributed by atoms with Crippen LogP contribution in [0.3, 0.4) is 0 Å². The standard InChI is InChI=1S/C35H51FN8O2S/c1-24(2)44(25(3)4)34(45)30-15-27(36)5-6-31(30)46-32-18-37-23-39-33(32)41-21-35(22-41)9-13-40(14-10-35)19-26-7-11-42(12-8-26)47-43-20-28-16-29(43)17-38-28/h5-6,15,18,23-26,28-29,38H,7-14,16-17,19-22H2,1-4H3/t28-,29-/m0/s1. The number of ether oxygens (including phenoxy) is 1. The number of hydrogen-bond acceptors (Lipinski definition) is 10. The van der Waals surface area contributed by atoms with Crippen molar-refractivity contribution in [2.45, 2.75) is 84.0 Å². The van der Waals surface area contributed by atoms with E-state index in [4.69, 9.17) is 4.74 Å². The first-order valence-electron chi connectivity index (χ1n) is 17.7. The smallest absolute Gasteiger partial charge is 0.258 e. The lowest BCUT2D eigenvalue weighted by Gasteiger charge is -2.54. The Bertz CT molecular complexity index is 1400. The van der Waals surface area contributed by atoms with Crippen molar-refractivity contribution in [2.24, 2.45) is 11.3 Å². The Morgan fingerprint density at radius 1 is 1.11 bits per heavy atom. The van der Waals surface area contributed by atoms with E-state index in [1.165, 1.54) is 76.5 Å². The number of carbonyl (C=O) groups excluding carboxylic acids is 1. The van der Waals surface area contributed by atoms with Crippen molar-refractivity contribution in [2.75, 3.05) is 63.8 Å². The molecular weight excluding hydrogens is 616 g/mol. The number of hydrogen-bond donors (Lipinski definition) is 1. The molecule has 7 rings (SSSR count). The first kappa shape index (κ1) is 33.0. The molecule has 1 N–H and O–H groups in total. The van der Waals surface area contributed by atoms with Gasteiger partial charge >= 0.3 is 0 Å². The summed E-state index contributed by atoms with van der Waals surface area (Å²) < 4.78 is 25.9. The molecule has 6 heterocycles. The van der Waals surface area contributed by atoms with Gasteiger partial charge in [-0.1, -0.05) is 0 Å². The largest absolute Gasteiger partial charge is 0.451 e. The number of nitrogens with one attached hydrogen (secondary N) is 1. The van der Waals surface area contributed by atoms with Crippen LogP contribution in [0.15, 0.2) is 30.7 Å². The fourth-order valence-electron chi connectivity index (χ4n) is 8.45. The van der Waals surface area contributed by atoms with Gasteiger partial charge in [0.1, 0.15) is 17.9 Å². The number of benzene rings is 1. The number of piperazine rings is 1. The Kier molecular flexibility index (Phi) is 9.68. The molecule has 0 saturated carbocycles. The quantitative estimate of drug-likeness (QED) is 0.354. The number of halogens is 1. The monoisotopic (exact) mass is 666 g/mol. The number of rotatable bonds is 10. The van der Waals surface area contributed by atoms with E-state index in [9.17, 15) is 9.18 Å². The van der Waals surface area contributed by atoms with Gasteiger partial charge in [0.2, 0.25) is 0 Å². The first-order valence-corrected chi connectivity index (χ1v) is 18.4. The molecule has 1 amide bonds. The van der Waals surface area contributed by atoms with Crippen molar-refractivity contribution in [1.29, 1.82) is 0 Å². The first-order chi connectivity index (χ1) is 22.7. The van der Waals surface area contributed by atoms with Crippen LogP contribution in [0.1, 0.15) is 70.2 Å². The molecule has 5 aliphatic rings. The Morgan fingerprint density at radius 2 is 1.85 bits per heavy atom. The molecule has 5 fully saturated rings. The lowest BCUT2D eigenvalue weighted by atomic mass is 9.72. The molecule has 12 heteroatoms. The zero-order valence-corrected chi connectivity index (χ0v) is 29.2. The zero-order chi connectivity index (χ0) is 32.7. The molecule has 0 aliphatic carbocycles. The second-order valence-corrected chi connectivity index (χ2v) is 16.2.